The first-order chi connectivity index (χ1) is 21.0. The minimum absolute atomic E-state index is 0.0549. The van der Waals surface area contributed by atoms with Gasteiger partial charge in [0.25, 0.3) is 10.0 Å². The van der Waals surface area contributed by atoms with Crippen molar-refractivity contribution in [3.8, 4) is 11.5 Å². The third-order valence-corrected chi connectivity index (χ3v) is 10.3. The lowest BCUT2D eigenvalue weighted by molar-refractivity contribution is -0.139. The van der Waals surface area contributed by atoms with E-state index in [0.717, 1.165) is 46.4 Å². The summed E-state index contributed by atoms with van der Waals surface area (Å²) in [6, 6.07) is 17.0. The molecule has 0 radical (unpaired) electrons. The minimum Gasteiger partial charge on any atom is -0.493 e. The van der Waals surface area contributed by atoms with Gasteiger partial charge in [0.15, 0.2) is 11.5 Å². The van der Waals surface area contributed by atoms with Gasteiger partial charge in [0.05, 0.1) is 24.8 Å². The lowest BCUT2D eigenvalue weighted by Crippen LogP contribution is -2.53. The van der Waals surface area contributed by atoms with Crippen LogP contribution < -0.4 is 19.1 Å². The van der Waals surface area contributed by atoms with Gasteiger partial charge >= 0.3 is 0 Å². The molecule has 44 heavy (non-hydrogen) atoms. The largest absolute Gasteiger partial charge is 0.493 e. The van der Waals surface area contributed by atoms with E-state index in [2.05, 4.69) is 21.2 Å². The Labute approximate surface area is 272 Å². The number of amides is 2. The zero-order valence-corrected chi connectivity index (χ0v) is 28.1. The zero-order valence-electron chi connectivity index (χ0n) is 25.0. The average Bonchev–Trinajstić information content (AvgIpc) is 3.03. The molecule has 3 aromatic rings. The number of hydrogen-bond donors (Lipinski definition) is 1. The predicted molar refractivity (Wildman–Crippen MR) is 175 cm³/mol. The highest BCUT2D eigenvalue weighted by Gasteiger charge is 2.33. The van der Waals surface area contributed by atoms with Gasteiger partial charge in [0.2, 0.25) is 11.8 Å². The molecule has 0 aliphatic heterocycles. The van der Waals surface area contributed by atoms with Crippen molar-refractivity contribution in [2.45, 2.75) is 62.6 Å². The number of anilines is 1. The van der Waals surface area contributed by atoms with Crippen molar-refractivity contribution >= 4 is 55.1 Å². The summed E-state index contributed by atoms with van der Waals surface area (Å²) in [5, 5.41) is 3.52. The maximum absolute atomic E-state index is 14.2. The zero-order chi connectivity index (χ0) is 31.9. The molecule has 1 unspecified atom stereocenters. The Bertz CT molecular complexity index is 1550. The summed E-state index contributed by atoms with van der Waals surface area (Å²) >= 11 is 9.54. The molecule has 1 aliphatic carbocycles. The molecule has 2 amide bonds. The fraction of sp³-hybridized carbons (Fsp3) is 0.375. The normalized spacial score (nSPS) is 14.4. The fourth-order valence-electron chi connectivity index (χ4n) is 5.18. The predicted octanol–water partition coefficient (Wildman–Crippen LogP) is 6.18. The molecular formula is C32H37BrClN3O6S. The van der Waals surface area contributed by atoms with E-state index in [-0.39, 0.29) is 34.8 Å². The van der Waals surface area contributed by atoms with Gasteiger partial charge in [-0.05, 0) is 73.9 Å². The van der Waals surface area contributed by atoms with Crippen LogP contribution in [0, 0.1) is 0 Å². The van der Waals surface area contributed by atoms with Crippen LogP contribution in [0.3, 0.4) is 0 Å². The lowest BCUT2D eigenvalue weighted by Gasteiger charge is -2.33. The molecule has 1 atom stereocenters. The molecule has 236 valence electrons. The smallest absolute Gasteiger partial charge is 0.264 e. The summed E-state index contributed by atoms with van der Waals surface area (Å²) in [7, 11) is -1.43. The third kappa shape index (κ3) is 8.25. The Morgan fingerprint density at radius 1 is 0.955 bits per heavy atom. The van der Waals surface area contributed by atoms with Crippen LogP contribution in [0.4, 0.5) is 5.69 Å². The molecule has 0 spiro atoms. The van der Waals surface area contributed by atoms with Gasteiger partial charge in [-0.3, -0.25) is 13.9 Å². The van der Waals surface area contributed by atoms with E-state index in [0.29, 0.717) is 10.8 Å². The van der Waals surface area contributed by atoms with E-state index in [9.17, 15) is 18.0 Å². The van der Waals surface area contributed by atoms with Crippen LogP contribution >= 0.6 is 27.5 Å². The van der Waals surface area contributed by atoms with Crippen molar-refractivity contribution in [3.05, 3.63) is 81.8 Å². The second kappa shape index (κ2) is 15.1. The van der Waals surface area contributed by atoms with Crippen LogP contribution in [0.1, 0.15) is 44.6 Å². The summed E-state index contributed by atoms with van der Waals surface area (Å²) < 4.78 is 40.8. The third-order valence-electron chi connectivity index (χ3n) is 7.72. The van der Waals surface area contributed by atoms with Gasteiger partial charge in [-0.15, -0.1) is 0 Å². The number of methoxy groups -OCH3 is 2. The molecule has 1 aliphatic rings. The molecule has 0 heterocycles. The Balaban J connectivity index is 1.70. The highest BCUT2D eigenvalue weighted by molar-refractivity contribution is 9.10. The van der Waals surface area contributed by atoms with E-state index in [1.807, 2.05) is 24.3 Å². The number of rotatable bonds is 12. The van der Waals surface area contributed by atoms with E-state index >= 15 is 0 Å². The number of carbonyl (C=O) groups is 2. The number of sulfonamides is 1. The highest BCUT2D eigenvalue weighted by atomic mass is 79.9. The number of nitrogens with zero attached hydrogens (tertiary/aromatic N) is 2. The molecule has 1 fully saturated rings. The van der Waals surface area contributed by atoms with Crippen molar-refractivity contribution in [3.63, 3.8) is 0 Å². The second-order valence-corrected chi connectivity index (χ2v) is 13.9. The summed E-state index contributed by atoms with van der Waals surface area (Å²) in [6.07, 6.45) is 5.03. The summed E-state index contributed by atoms with van der Waals surface area (Å²) in [4.78, 5) is 29.0. The van der Waals surface area contributed by atoms with E-state index in [1.165, 1.54) is 49.5 Å². The van der Waals surface area contributed by atoms with Crippen molar-refractivity contribution in [2.24, 2.45) is 0 Å². The lowest BCUT2D eigenvalue weighted by atomic mass is 9.95. The number of nitrogens with one attached hydrogen (secondary N) is 1. The second-order valence-electron chi connectivity index (χ2n) is 10.7. The Morgan fingerprint density at radius 2 is 1.59 bits per heavy atom. The molecule has 3 aromatic carbocycles. The number of halogens is 2. The van der Waals surface area contributed by atoms with Crippen molar-refractivity contribution in [1.82, 2.24) is 10.2 Å². The summed E-state index contributed by atoms with van der Waals surface area (Å²) in [5.41, 5.74) is 1.03. The van der Waals surface area contributed by atoms with Gasteiger partial charge in [0, 0.05) is 28.1 Å². The van der Waals surface area contributed by atoms with Gasteiger partial charge < -0.3 is 19.7 Å². The minimum atomic E-state index is -4.30. The van der Waals surface area contributed by atoms with Gasteiger partial charge in [-0.1, -0.05) is 58.9 Å². The van der Waals surface area contributed by atoms with Crippen LogP contribution in [-0.4, -0.2) is 58.0 Å². The molecule has 0 bridgehead atoms. The first-order valence-electron chi connectivity index (χ1n) is 14.4. The van der Waals surface area contributed by atoms with Crippen molar-refractivity contribution in [1.29, 1.82) is 0 Å². The SMILES string of the molecule is COc1ccc(S(=O)(=O)N(CC(=O)N(Cc2ccc(Br)cc2)C(C)C(=O)NC2CCCCC2)c2ccc(Cl)cc2)cc1OC. The molecule has 9 nitrogen and oxygen atoms in total. The quantitative estimate of drug-likeness (QED) is 0.241. The van der Waals surface area contributed by atoms with Crippen LogP contribution in [0.15, 0.2) is 76.1 Å². The molecular weight excluding hydrogens is 670 g/mol. The Hall–Kier alpha value is -3.28. The van der Waals surface area contributed by atoms with Crippen molar-refractivity contribution < 1.29 is 27.5 Å². The molecule has 0 saturated heterocycles. The number of benzene rings is 3. The first-order valence-corrected chi connectivity index (χ1v) is 17.0. The van der Waals surface area contributed by atoms with Crippen molar-refractivity contribution in [2.75, 3.05) is 25.1 Å². The number of ether oxygens (including phenoxy) is 2. The van der Waals surface area contributed by atoms with E-state index in [4.69, 9.17) is 21.1 Å². The highest BCUT2D eigenvalue weighted by Crippen LogP contribution is 2.33. The summed E-state index contributed by atoms with van der Waals surface area (Å²) in [5.74, 6) is -0.235. The van der Waals surface area contributed by atoms with Crippen LogP contribution in [0.25, 0.3) is 0 Å². The van der Waals surface area contributed by atoms with E-state index < -0.39 is 28.5 Å². The van der Waals surface area contributed by atoms with Gasteiger partial charge in [-0.2, -0.15) is 0 Å². The van der Waals surface area contributed by atoms with E-state index in [1.54, 1.807) is 19.1 Å². The number of hydrogen-bond acceptors (Lipinski definition) is 6. The molecule has 1 saturated carbocycles. The molecule has 12 heteroatoms. The molecule has 4 rings (SSSR count). The Kier molecular flexibility index (Phi) is 11.6. The standard InChI is InChI=1S/C32H37BrClN3O6S/c1-22(32(39)35-26-7-5-4-6-8-26)36(20-23-9-11-24(33)12-10-23)31(38)21-37(27-15-13-25(34)14-16-27)44(40,41)28-17-18-29(42-2)30(19-28)43-3/h9-19,22,26H,4-8,20-21H2,1-3H3,(H,35,39). The fourth-order valence-corrected chi connectivity index (χ4v) is 7.00. The average molecular weight is 707 g/mol. The maximum atomic E-state index is 14.2. The monoisotopic (exact) mass is 705 g/mol. The topological polar surface area (TPSA) is 105 Å². The van der Waals surface area contributed by atoms with Gasteiger partial charge in [-0.25, -0.2) is 8.42 Å². The summed E-state index contributed by atoms with van der Waals surface area (Å²) in [6.45, 7) is 1.22. The van der Waals surface area contributed by atoms with Gasteiger partial charge in [0.1, 0.15) is 12.6 Å². The van der Waals surface area contributed by atoms with Crippen LogP contribution in [0.5, 0.6) is 11.5 Å². The Morgan fingerprint density at radius 3 is 2.20 bits per heavy atom. The molecule has 1 N–H and O–H groups in total. The molecule has 0 aromatic heterocycles. The number of carbonyl (C=O) groups excluding carboxylic acids is 2. The first kappa shape index (κ1) is 33.6. The maximum Gasteiger partial charge on any atom is 0.264 e. The van der Waals surface area contributed by atoms with Crippen LogP contribution in [0.2, 0.25) is 5.02 Å². The van der Waals surface area contributed by atoms with Crippen LogP contribution in [-0.2, 0) is 26.2 Å².